The molecule has 5 unspecified atom stereocenters. The standard InChI is InChI=1S/C21H38N4O8/c1-10(2)8-14(23-18(29)13(22)6-7-16(27)28)19(30)25-17(12(5)26)20(31)24-15(21(32)33)9-11(3)4/h10-15,17,26H,6-9,22H2,1-5H3,(H,23,29)(H,24,31)(H,25,30)(H,27,28)(H,32,33). The largest absolute Gasteiger partial charge is 0.481 e. The van der Waals surface area contributed by atoms with Gasteiger partial charge < -0.3 is 37.0 Å². The Bertz CT molecular complexity index is 696. The molecule has 12 heteroatoms. The Morgan fingerprint density at radius 3 is 1.67 bits per heavy atom. The number of carbonyl (C=O) groups is 5. The van der Waals surface area contributed by atoms with Gasteiger partial charge in [-0.05, 0) is 38.0 Å². The fraction of sp³-hybridized carbons (Fsp3) is 0.762. The Morgan fingerprint density at radius 1 is 0.758 bits per heavy atom. The number of nitrogens with one attached hydrogen (secondary N) is 3. The first-order valence-corrected chi connectivity index (χ1v) is 10.9. The minimum absolute atomic E-state index is 0.0260. The molecule has 33 heavy (non-hydrogen) atoms. The SMILES string of the molecule is CC(C)CC(NC(=O)C(NC(=O)C(CC(C)C)NC(=O)C(N)CCC(=O)O)C(C)O)C(=O)O. The van der Waals surface area contributed by atoms with Gasteiger partial charge >= 0.3 is 11.9 Å². The maximum atomic E-state index is 12.9. The van der Waals surface area contributed by atoms with Crippen molar-refractivity contribution >= 4 is 29.7 Å². The van der Waals surface area contributed by atoms with Gasteiger partial charge in [-0.15, -0.1) is 0 Å². The van der Waals surface area contributed by atoms with Crippen LogP contribution in [0.15, 0.2) is 0 Å². The second-order valence-electron chi connectivity index (χ2n) is 8.99. The minimum atomic E-state index is -1.46. The summed E-state index contributed by atoms with van der Waals surface area (Å²) in [6.07, 6.45) is -1.45. The molecule has 0 aromatic rings. The van der Waals surface area contributed by atoms with Gasteiger partial charge in [0, 0.05) is 6.42 Å². The summed E-state index contributed by atoms with van der Waals surface area (Å²) in [5, 5.41) is 35.3. The molecule has 0 radical (unpaired) electrons. The van der Waals surface area contributed by atoms with Gasteiger partial charge in [0.05, 0.1) is 12.1 Å². The number of aliphatic hydroxyl groups excluding tert-OH is 1. The summed E-state index contributed by atoms with van der Waals surface area (Å²) in [6, 6.07) is -4.91. The quantitative estimate of drug-likeness (QED) is 0.158. The van der Waals surface area contributed by atoms with Crippen molar-refractivity contribution in [2.24, 2.45) is 17.6 Å². The molecule has 0 fully saturated rings. The molecule has 0 aromatic heterocycles. The lowest BCUT2D eigenvalue weighted by atomic mass is 10.0. The fourth-order valence-corrected chi connectivity index (χ4v) is 3.01. The van der Waals surface area contributed by atoms with Crippen molar-refractivity contribution in [2.45, 2.75) is 90.6 Å². The van der Waals surface area contributed by atoms with Crippen LogP contribution in [-0.4, -0.2) is 75.3 Å². The summed E-state index contributed by atoms with van der Waals surface area (Å²) in [5.41, 5.74) is 5.70. The molecule has 0 aliphatic carbocycles. The monoisotopic (exact) mass is 474 g/mol. The zero-order valence-corrected chi connectivity index (χ0v) is 19.8. The normalized spacial score (nSPS) is 15.8. The molecule has 0 heterocycles. The van der Waals surface area contributed by atoms with E-state index in [9.17, 15) is 34.2 Å². The van der Waals surface area contributed by atoms with Crippen LogP contribution in [0.4, 0.5) is 0 Å². The molecule has 0 bridgehead atoms. The number of carbonyl (C=O) groups excluding carboxylic acids is 3. The van der Waals surface area contributed by atoms with E-state index in [0.29, 0.717) is 0 Å². The van der Waals surface area contributed by atoms with E-state index >= 15 is 0 Å². The topological polar surface area (TPSA) is 208 Å². The van der Waals surface area contributed by atoms with Crippen LogP contribution in [0.1, 0.15) is 60.3 Å². The Morgan fingerprint density at radius 2 is 1.24 bits per heavy atom. The zero-order chi connectivity index (χ0) is 25.9. The predicted molar refractivity (Wildman–Crippen MR) is 119 cm³/mol. The number of aliphatic hydroxyl groups is 1. The first-order valence-electron chi connectivity index (χ1n) is 10.9. The lowest BCUT2D eigenvalue weighted by Gasteiger charge is -2.27. The summed E-state index contributed by atoms with van der Waals surface area (Å²) >= 11 is 0. The molecule has 0 rings (SSSR count). The molecule has 0 spiro atoms. The maximum Gasteiger partial charge on any atom is 0.326 e. The number of hydrogen-bond donors (Lipinski definition) is 7. The second kappa shape index (κ2) is 14.4. The van der Waals surface area contributed by atoms with Gasteiger partial charge in [0.1, 0.15) is 18.1 Å². The van der Waals surface area contributed by atoms with Crippen LogP contribution >= 0.6 is 0 Å². The molecule has 0 aliphatic heterocycles. The van der Waals surface area contributed by atoms with Crippen LogP contribution in [0.25, 0.3) is 0 Å². The Labute approximate surface area is 193 Å². The van der Waals surface area contributed by atoms with Crippen molar-refractivity contribution in [3.63, 3.8) is 0 Å². The summed E-state index contributed by atoms with van der Waals surface area (Å²) in [6.45, 7) is 8.45. The average Bonchev–Trinajstić information content (AvgIpc) is 2.67. The average molecular weight is 475 g/mol. The number of carboxylic acids is 2. The van der Waals surface area contributed by atoms with Crippen LogP contribution in [0.2, 0.25) is 0 Å². The number of carboxylic acid groups (broad SMARTS) is 2. The van der Waals surface area contributed by atoms with Crippen molar-refractivity contribution in [1.29, 1.82) is 0 Å². The van der Waals surface area contributed by atoms with E-state index in [2.05, 4.69) is 16.0 Å². The van der Waals surface area contributed by atoms with Crippen LogP contribution in [0.3, 0.4) is 0 Å². The van der Waals surface area contributed by atoms with Crippen molar-refractivity contribution in [3.8, 4) is 0 Å². The molecule has 0 aliphatic rings. The highest BCUT2D eigenvalue weighted by Gasteiger charge is 2.33. The third kappa shape index (κ3) is 12.2. The highest BCUT2D eigenvalue weighted by molar-refractivity contribution is 5.94. The van der Waals surface area contributed by atoms with Gasteiger partial charge in [0.15, 0.2) is 0 Å². The molecule has 0 saturated carbocycles. The fourth-order valence-electron chi connectivity index (χ4n) is 3.01. The van der Waals surface area contributed by atoms with Crippen molar-refractivity contribution in [3.05, 3.63) is 0 Å². The van der Waals surface area contributed by atoms with Crippen LogP contribution in [0.5, 0.6) is 0 Å². The molecule has 3 amide bonds. The molecule has 0 saturated heterocycles. The smallest absolute Gasteiger partial charge is 0.326 e. The molecule has 8 N–H and O–H groups in total. The van der Waals surface area contributed by atoms with E-state index in [4.69, 9.17) is 10.8 Å². The third-order valence-electron chi connectivity index (χ3n) is 4.73. The van der Waals surface area contributed by atoms with Crippen molar-refractivity contribution < 1.29 is 39.3 Å². The van der Waals surface area contributed by atoms with E-state index in [1.165, 1.54) is 6.92 Å². The zero-order valence-electron chi connectivity index (χ0n) is 19.8. The van der Waals surface area contributed by atoms with Gasteiger partial charge in [-0.1, -0.05) is 27.7 Å². The lowest BCUT2D eigenvalue weighted by Crippen LogP contribution is -2.60. The van der Waals surface area contributed by atoms with E-state index in [-0.39, 0.29) is 37.5 Å². The Hall–Kier alpha value is -2.73. The first kappa shape index (κ1) is 30.3. The molecule has 190 valence electrons. The molecule has 0 aromatic carbocycles. The number of hydrogen-bond acceptors (Lipinski definition) is 7. The summed E-state index contributed by atoms with van der Waals surface area (Å²) in [5.74, 6) is -4.79. The van der Waals surface area contributed by atoms with Gasteiger partial charge in [-0.2, -0.15) is 0 Å². The summed E-state index contributed by atoms with van der Waals surface area (Å²) in [7, 11) is 0. The number of rotatable bonds is 15. The van der Waals surface area contributed by atoms with Gasteiger partial charge in [-0.3, -0.25) is 19.2 Å². The van der Waals surface area contributed by atoms with E-state index in [1.807, 2.05) is 0 Å². The van der Waals surface area contributed by atoms with Crippen molar-refractivity contribution in [2.75, 3.05) is 0 Å². The van der Waals surface area contributed by atoms with Crippen LogP contribution < -0.4 is 21.7 Å². The molecule has 12 nitrogen and oxygen atoms in total. The van der Waals surface area contributed by atoms with Crippen LogP contribution in [-0.2, 0) is 24.0 Å². The molecule has 5 atom stereocenters. The van der Waals surface area contributed by atoms with Crippen LogP contribution in [0, 0.1) is 11.8 Å². The third-order valence-corrected chi connectivity index (χ3v) is 4.73. The second-order valence-corrected chi connectivity index (χ2v) is 8.99. The van der Waals surface area contributed by atoms with E-state index in [0.717, 1.165) is 0 Å². The van der Waals surface area contributed by atoms with Gasteiger partial charge in [0.2, 0.25) is 17.7 Å². The highest BCUT2D eigenvalue weighted by atomic mass is 16.4. The molecular weight excluding hydrogens is 436 g/mol. The maximum absolute atomic E-state index is 12.9. The summed E-state index contributed by atoms with van der Waals surface area (Å²) in [4.78, 5) is 59.9. The van der Waals surface area contributed by atoms with E-state index < -0.39 is 59.9 Å². The lowest BCUT2D eigenvalue weighted by molar-refractivity contribution is -0.143. The Kier molecular flexibility index (Phi) is 13.2. The highest BCUT2D eigenvalue weighted by Crippen LogP contribution is 2.09. The van der Waals surface area contributed by atoms with Crippen molar-refractivity contribution in [1.82, 2.24) is 16.0 Å². The number of amides is 3. The van der Waals surface area contributed by atoms with Gasteiger partial charge in [-0.25, -0.2) is 4.79 Å². The summed E-state index contributed by atoms with van der Waals surface area (Å²) < 4.78 is 0. The first-order chi connectivity index (χ1) is 15.1. The predicted octanol–water partition coefficient (Wildman–Crippen LogP) is -0.809. The Balaban J connectivity index is 5.40. The number of nitrogens with two attached hydrogens (primary N) is 1. The molecular formula is C21H38N4O8. The van der Waals surface area contributed by atoms with E-state index in [1.54, 1.807) is 27.7 Å². The number of aliphatic carboxylic acids is 2. The van der Waals surface area contributed by atoms with Gasteiger partial charge in [0.25, 0.3) is 0 Å². The minimum Gasteiger partial charge on any atom is -0.481 e.